The van der Waals surface area contributed by atoms with Gasteiger partial charge in [-0.25, -0.2) is 4.39 Å². The number of rotatable bonds is 4. The van der Waals surface area contributed by atoms with Crippen LogP contribution in [0.5, 0.6) is 0 Å². The van der Waals surface area contributed by atoms with Crippen LogP contribution in [0, 0.1) is 5.82 Å². The summed E-state index contributed by atoms with van der Waals surface area (Å²) in [5.74, 6) is 0.753. The molecule has 0 amide bonds. The Morgan fingerprint density at radius 3 is 2.84 bits per heavy atom. The molecule has 1 aromatic heterocycles. The maximum absolute atomic E-state index is 13.2. The predicted molar refractivity (Wildman–Crippen MR) is 78.5 cm³/mol. The summed E-state index contributed by atoms with van der Waals surface area (Å²) in [5.41, 5.74) is 6.65. The fraction of sp³-hybridized carbons (Fsp3) is 0.333. The molecule has 0 aliphatic carbocycles. The number of hydrogen-bond donors (Lipinski definition) is 1. The van der Waals surface area contributed by atoms with Gasteiger partial charge in [0.1, 0.15) is 5.82 Å². The Labute approximate surface area is 123 Å². The molecule has 19 heavy (non-hydrogen) atoms. The highest BCUT2D eigenvalue weighted by Crippen LogP contribution is 2.29. The van der Waals surface area contributed by atoms with E-state index in [1.54, 1.807) is 6.07 Å². The normalized spacial score (nSPS) is 11.2. The third-order valence-corrected chi connectivity index (χ3v) is 4.34. The number of halogens is 2. The van der Waals surface area contributed by atoms with Crippen molar-refractivity contribution in [1.82, 2.24) is 14.8 Å². The Kier molecular flexibility index (Phi) is 4.46. The van der Waals surface area contributed by atoms with Crippen LogP contribution >= 0.6 is 27.7 Å². The number of aromatic nitrogens is 3. The van der Waals surface area contributed by atoms with Crippen molar-refractivity contribution < 1.29 is 4.39 Å². The van der Waals surface area contributed by atoms with Gasteiger partial charge >= 0.3 is 0 Å². The summed E-state index contributed by atoms with van der Waals surface area (Å²) in [6.45, 7) is 4.03. The molecule has 0 saturated carbocycles. The number of nitrogens with two attached hydrogens (primary N) is 1. The zero-order valence-electron chi connectivity index (χ0n) is 10.6. The minimum Gasteiger partial charge on any atom is -0.368 e. The summed E-state index contributed by atoms with van der Waals surface area (Å²) in [6.07, 6.45) is 0. The lowest BCUT2D eigenvalue weighted by Gasteiger charge is -2.11. The zero-order valence-corrected chi connectivity index (χ0v) is 13.0. The van der Waals surface area contributed by atoms with E-state index in [-0.39, 0.29) is 11.9 Å². The number of hydrogen-bond acceptors (Lipinski definition) is 4. The first kappa shape index (κ1) is 14.3. The van der Waals surface area contributed by atoms with Crippen molar-refractivity contribution in [3.05, 3.63) is 34.1 Å². The highest BCUT2D eigenvalue weighted by atomic mass is 79.9. The highest BCUT2D eigenvalue weighted by molar-refractivity contribution is 9.10. The molecule has 0 spiro atoms. The molecule has 1 aromatic carbocycles. The first-order chi connectivity index (χ1) is 8.99. The molecule has 0 saturated heterocycles. The van der Waals surface area contributed by atoms with Gasteiger partial charge in [0.15, 0.2) is 5.16 Å². The van der Waals surface area contributed by atoms with Crippen molar-refractivity contribution in [3.8, 4) is 0 Å². The van der Waals surface area contributed by atoms with Gasteiger partial charge < -0.3 is 5.73 Å². The molecule has 0 fully saturated rings. The topological polar surface area (TPSA) is 56.7 Å². The second kappa shape index (κ2) is 5.92. The van der Waals surface area contributed by atoms with Crippen LogP contribution in [0.2, 0.25) is 0 Å². The average molecular weight is 345 g/mol. The number of benzene rings is 1. The fourth-order valence-electron chi connectivity index (χ4n) is 1.67. The van der Waals surface area contributed by atoms with Crippen molar-refractivity contribution >= 4 is 33.6 Å². The van der Waals surface area contributed by atoms with Crippen molar-refractivity contribution in [2.75, 3.05) is 5.73 Å². The van der Waals surface area contributed by atoms with Crippen LogP contribution in [0.15, 0.2) is 27.8 Å². The SMILES string of the molecule is CC(C)n1c(N)nnc1SCc1cc(F)ccc1Br. The van der Waals surface area contributed by atoms with Crippen LogP contribution in [0.4, 0.5) is 10.3 Å². The standard InChI is InChI=1S/C12H14BrFN4S/c1-7(2)18-11(15)16-17-12(18)19-6-8-5-9(14)3-4-10(8)13/h3-5,7H,6H2,1-2H3,(H2,15,16). The molecule has 1 heterocycles. The monoisotopic (exact) mass is 344 g/mol. The number of thioether (sulfide) groups is 1. The van der Waals surface area contributed by atoms with E-state index in [0.717, 1.165) is 15.2 Å². The van der Waals surface area contributed by atoms with Gasteiger partial charge in [0.2, 0.25) is 5.95 Å². The first-order valence-corrected chi connectivity index (χ1v) is 7.54. The van der Waals surface area contributed by atoms with Crippen LogP contribution in [-0.4, -0.2) is 14.8 Å². The maximum atomic E-state index is 13.2. The Balaban J connectivity index is 2.17. The number of nitrogens with zero attached hydrogens (tertiary/aromatic N) is 3. The molecule has 0 unspecified atom stereocenters. The van der Waals surface area contributed by atoms with Gasteiger partial charge in [-0.2, -0.15) is 0 Å². The summed E-state index contributed by atoms with van der Waals surface area (Å²) in [5, 5.41) is 8.66. The van der Waals surface area contributed by atoms with E-state index in [9.17, 15) is 4.39 Å². The molecule has 4 nitrogen and oxygen atoms in total. The minimum absolute atomic E-state index is 0.188. The molecule has 2 aromatic rings. The van der Waals surface area contributed by atoms with E-state index in [1.165, 1.54) is 23.9 Å². The lowest BCUT2D eigenvalue weighted by atomic mass is 10.2. The smallest absolute Gasteiger partial charge is 0.222 e. The lowest BCUT2D eigenvalue weighted by molar-refractivity contribution is 0.557. The first-order valence-electron chi connectivity index (χ1n) is 5.76. The highest BCUT2D eigenvalue weighted by Gasteiger charge is 2.13. The lowest BCUT2D eigenvalue weighted by Crippen LogP contribution is -2.07. The third-order valence-electron chi connectivity index (χ3n) is 2.57. The van der Waals surface area contributed by atoms with Gasteiger partial charge in [-0.3, -0.25) is 4.57 Å². The summed E-state index contributed by atoms with van der Waals surface area (Å²) >= 11 is 4.89. The molecule has 102 valence electrons. The molecule has 2 N–H and O–H groups in total. The molecule has 0 bridgehead atoms. The van der Waals surface area contributed by atoms with Gasteiger partial charge in [-0.15, -0.1) is 10.2 Å². The summed E-state index contributed by atoms with van der Waals surface area (Å²) in [7, 11) is 0. The van der Waals surface area contributed by atoms with Gasteiger partial charge in [0.05, 0.1) is 0 Å². The second-order valence-electron chi connectivity index (χ2n) is 4.33. The summed E-state index contributed by atoms with van der Waals surface area (Å²) in [6, 6.07) is 4.82. The van der Waals surface area contributed by atoms with E-state index in [2.05, 4.69) is 26.1 Å². The van der Waals surface area contributed by atoms with Crippen LogP contribution in [-0.2, 0) is 5.75 Å². The molecule has 0 aliphatic rings. The van der Waals surface area contributed by atoms with Crippen LogP contribution in [0.3, 0.4) is 0 Å². The van der Waals surface area contributed by atoms with Gasteiger partial charge in [0, 0.05) is 16.3 Å². The van der Waals surface area contributed by atoms with Crippen molar-refractivity contribution in [2.45, 2.75) is 30.8 Å². The van der Waals surface area contributed by atoms with E-state index < -0.39 is 0 Å². The van der Waals surface area contributed by atoms with E-state index in [1.807, 2.05) is 18.4 Å². The minimum atomic E-state index is -0.247. The van der Waals surface area contributed by atoms with Crippen LogP contribution < -0.4 is 5.73 Å². The Bertz CT molecular complexity index is 585. The fourth-order valence-corrected chi connectivity index (χ4v) is 3.31. The number of anilines is 1. The quantitative estimate of drug-likeness (QED) is 0.860. The predicted octanol–water partition coefficient (Wildman–Crippen LogP) is 3.64. The Morgan fingerprint density at radius 2 is 2.16 bits per heavy atom. The molecule has 0 radical (unpaired) electrons. The van der Waals surface area contributed by atoms with Crippen molar-refractivity contribution in [1.29, 1.82) is 0 Å². The molecule has 0 atom stereocenters. The molecule has 2 rings (SSSR count). The summed E-state index contributed by atoms with van der Waals surface area (Å²) < 4.78 is 15.9. The largest absolute Gasteiger partial charge is 0.368 e. The van der Waals surface area contributed by atoms with E-state index in [4.69, 9.17) is 5.73 Å². The van der Waals surface area contributed by atoms with E-state index >= 15 is 0 Å². The molecule has 0 aliphatic heterocycles. The van der Waals surface area contributed by atoms with Gasteiger partial charge in [0.25, 0.3) is 0 Å². The average Bonchev–Trinajstić information content (AvgIpc) is 2.72. The second-order valence-corrected chi connectivity index (χ2v) is 6.13. The molecular weight excluding hydrogens is 331 g/mol. The Morgan fingerprint density at radius 1 is 1.42 bits per heavy atom. The van der Waals surface area contributed by atoms with Crippen LogP contribution in [0.1, 0.15) is 25.5 Å². The van der Waals surface area contributed by atoms with Crippen LogP contribution in [0.25, 0.3) is 0 Å². The maximum Gasteiger partial charge on any atom is 0.222 e. The third kappa shape index (κ3) is 3.27. The zero-order chi connectivity index (χ0) is 14.0. The van der Waals surface area contributed by atoms with Crippen molar-refractivity contribution in [2.24, 2.45) is 0 Å². The summed E-state index contributed by atoms with van der Waals surface area (Å²) in [4.78, 5) is 0. The molecular formula is C12H14BrFN4S. The van der Waals surface area contributed by atoms with E-state index in [0.29, 0.717) is 11.7 Å². The van der Waals surface area contributed by atoms with Crippen molar-refractivity contribution in [3.63, 3.8) is 0 Å². The van der Waals surface area contributed by atoms with Gasteiger partial charge in [-0.05, 0) is 37.6 Å². The number of nitrogen functional groups attached to an aromatic ring is 1. The van der Waals surface area contributed by atoms with Gasteiger partial charge in [-0.1, -0.05) is 27.7 Å². The Hall–Kier alpha value is -1.08. The molecule has 7 heteroatoms.